The number of nitrogens with zero attached hydrogens (tertiary/aromatic N) is 3. The molecule has 8 heteroatoms. The van der Waals surface area contributed by atoms with Crippen molar-refractivity contribution in [3.05, 3.63) is 35.9 Å². The first-order valence-corrected chi connectivity index (χ1v) is 6.46. The summed E-state index contributed by atoms with van der Waals surface area (Å²) in [6.45, 7) is -0.00535. The molecule has 0 saturated carbocycles. The summed E-state index contributed by atoms with van der Waals surface area (Å²) in [5.74, 6) is 0. The molecule has 1 rings (SSSR count). The van der Waals surface area contributed by atoms with Crippen molar-refractivity contribution in [2.45, 2.75) is 6.61 Å². The largest absolute Gasteiger partial charge is 0.634 e. The zero-order valence-corrected chi connectivity index (χ0v) is 10.1. The lowest BCUT2D eigenvalue weighted by Crippen LogP contribution is -2.32. The minimum Gasteiger partial charge on any atom is -0.358 e. The summed E-state index contributed by atoms with van der Waals surface area (Å²) in [5, 5.41) is 0. The van der Waals surface area contributed by atoms with Gasteiger partial charge in [0.15, 0.2) is 0 Å². The molecule has 0 aliphatic rings. The lowest BCUT2D eigenvalue weighted by Gasteiger charge is -2.11. The minimum atomic E-state index is -3.87. The van der Waals surface area contributed by atoms with Crippen LogP contribution in [0.15, 0.2) is 44.3 Å². The summed E-state index contributed by atoms with van der Waals surface area (Å²) in [6.07, 6.45) is 3.54. The van der Waals surface area contributed by atoms with E-state index in [4.69, 9.17) is 4.43 Å². The first-order chi connectivity index (χ1) is 8.76. The molecule has 7 nitrogen and oxygen atoms in total. The number of hydrogen-bond donors (Lipinski definition) is 0. The van der Waals surface area contributed by atoms with Crippen molar-refractivity contribution < 1.29 is 18.8 Å². The van der Waals surface area contributed by atoms with Gasteiger partial charge in [0.2, 0.25) is 18.2 Å². The van der Waals surface area contributed by atoms with E-state index in [0.717, 1.165) is 5.56 Å². The third-order valence-electron chi connectivity index (χ3n) is 1.85. The predicted molar refractivity (Wildman–Crippen MR) is 61.3 cm³/mol. The molecule has 1 aromatic rings. The van der Waals surface area contributed by atoms with Crippen LogP contribution in [0.1, 0.15) is 5.56 Å². The molecule has 0 radical (unpaired) electrons. The highest BCUT2D eigenvalue weighted by molar-refractivity contribution is 6.70. The Bertz CT molecular complexity index is 498. The highest BCUT2D eigenvalue weighted by Crippen LogP contribution is 2.12. The van der Waals surface area contributed by atoms with Crippen molar-refractivity contribution in [3.63, 3.8) is 0 Å². The van der Waals surface area contributed by atoms with Gasteiger partial charge in [0.05, 0.1) is 6.61 Å². The van der Waals surface area contributed by atoms with Gasteiger partial charge in [0.25, 0.3) is 0 Å². The molecule has 0 fully saturated rings. The van der Waals surface area contributed by atoms with Crippen molar-refractivity contribution in [2.75, 3.05) is 0 Å². The number of isocyanates is 3. The maximum absolute atomic E-state index is 10.3. The Hall–Kier alpha value is -2.46. The monoisotopic (exact) mass is 261 g/mol. The van der Waals surface area contributed by atoms with E-state index in [1.807, 2.05) is 6.07 Å². The van der Waals surface area contributed by atoms with E-state index in [9.17, 15) is 14.4 Å². The second kappa shape index (κ2) is 6.98. The van der Waals surface area contributed by atoms with Crippen LogP contribution in [0.2, 0.25) is 0 Å². The third-order valence-corrected chi connectivity index (χ3v) is 3.53. The Kier molecular flexibility index (Phi) is 5.27. The molecule has 1 aromatic carbocycles. The van der Waals surface area contributed by atoms with Gasteiger partial charge in [-0.25, -0.2) is 14.4 Å². The topological polar surface area (TPSA) is 97.5 Å². The fourth-order valence-electron chi connectivity index (χ4n) is 1.10. The van der Waals surface area contributed by atoms with Crippen molar-refractivity contribution in [2.24, 2.45) is 14.0 Å². The lowest BCUT2D eigenvalue weighted by molar-refractivity contribution is 0.289. The molecule has 0 N–H and O–H groups in total. The van der Waals surface area contributed by atoms with Crippen LogP contribution >= 0.6 is 0 Å². The van der Waals surface area contributed by atoms with Crippen LogP contribution < -0.4 is 0 Å². The van der Waals surface area contributed by atoms with Crippen LogP contribution in [0.5, 0.6) is 0 Å². The number of rotatable bonds is 6. The lowest BCUT2D eigenvalue weighted by atomic mass is 10.2. The van der Waals surface area contributed by atoms with Gasteiger partial charge in [0.1, 0.15) is 0 Å². The van der Waals surface area contributed by atoms with Crippen molar-refractivity contribution >= 4 is 27.0 Å². The number of carbonyl (C=O) groups excluding carboxylic acids is 3. The average Bonchev–Trinajstić information content (AvgIpc) is 2.39. The predicted octanol–water partition coefficient (Wildman–Crippen LogP) is 0.646. The molecule has 0 aromatic heterocycles. The van der Waals surface area contributed by atoms with E-state index in [-0.39, 0.29) is 6.61 Å². The zero-order valence-electron chi connectivity index (χ0n) is 9.07. The normalized spacial score (nSPS) is 12.2. The number of hydrogen-bond acceptors (Lipinski definition) is 7. The van der Waals surface area contributed by atoms with Gasteiger partial charge < -0.3 is 4.43 Å². The van der Waals surface area contributed by atoms with Gasteiger partial charge in [-0.2, -0.15) is 14.0 Å². The van der Waals surface area contributed by atoms with Crippen LogP contribution in [0, 0.1) is 0 Å². The molecule has 0 amide bonds. The summed E-state index contributed by atoms with van der Waals surface area (Å²) < 4.78 is 14.8. The molecule has 90 valence electrons. The SMILES string of the molecule is O=C=N[Si](N=C=O)(N=C=O)OCc1ccccc1. The standard InChI is InChI=1S/C10H7N3O4Si/c14-7-11-18(12-8-15,13-9-16)17-6-10-4-2-1-3-5-10/h1-5H,6H2. The van der Waals surface area contributed by atoms with Crippen molar-refractivity contribution in [3.8, 4) is 0 Å². The Labute approximate surface area is 103 Å². The van der Waals surface area contributed by atoms with E-state index in [2.05, 4.69) is 14.0 Å². The Morgan fingerprint density at radius 3 is 1.89 bits per heavy atom. The van der Waals surface area contributed by atoms with E-state index in [1.165, 1.54) is 18.2 Å². The van der Waals surface area contributed by atoms with E-state index < -0.39 is 8.80 Å². The van der Waals surface area contributed by atoms with Crippen LogP contribution in [-0.4, -0.2) is 27.0 Å². The van der Waals surface area contributed by atoms with Gasteiger partial charge in [-0.05, 0) is 5.56 Å². The Morgan fingerprint density at radius 1 is 0.944 bits per heavy atom. The van der Waals surface area contributed by atoms with Gasteiger partial charge in [0, 0.05) is 0 Å². The fraction of sp³-hybridized carbons (Fsp3) is 0.100. The van der Waals surface area contributed by atoms with Crippen LogP contribution in [0.25, 0.3) is 0 Å². The Morgan fingerprint density at radius 2 is 1.44 bits per heavy atom. The quantitative estimate of drug-likeness (QED) is 0.426. The molecular formula is C10H7N3O4Si. The first-order valence-electron chi connectivity index (χ1n) is 4.71. The highest BCUT2D eigenvalue weighted by atomic mass is 28.4. The molecule has 0 aliphatic heterocycles. The first kappa shape index (κ1) is 13.6. The summed E-state index contributed by atoms with van der Waals surface area (Å²) in [4.78, 5) is 30.8. The summed E-state index contributed by atoms with van der Waals surface area (Å²) >= 11 is 0. The molecule has 0 aliphatic carbocycles. The molecular weight excluding hydrogens is 254 g/mol. The summed E-state index contributed by atoms with van der Waals surface area (Å²) in [5.41, 5.74) is 0.748. The smallest absolute Gasteiger partial charge is 0.358 e. The minimum absolute atomic E-state index is 0.00535. The Balaban J connectivity index is 2.94. The molecule has 0 saturated heterocycles. The number of benzene rings is 1. The van der Waals surface area contributed by atoms with Crippen LogP contribution in [-0.2, 0) is 25.4 Å². The van der Waals surface area contributed by atoms with Crippen LogP contribution in [0.4, 0.5) is 0 Å². The summed E-state index contributed by atoms with van der Waals surface area (Å²) in [6, 6.07) is 8.86. The van der Waals surface area contributed by atoms with Crippen molar-refractivity contribution in [1.82, 2.24) is 0 Å². The second-order valence-electron chi connectivity index (χ2n) is 2.96. The fourth-order valence-corrected chi connectivity index (χ4v) is 2.17. The van der Waals surface area contributed by atoms with E-state index >= 15 is 0 Å². The average molecular weight is 261 g/mol. The highest BCUT2D eigenvalue weighted by Gasteiger charge is 2.40. The van der Waals surface area contributed by atoms with Crippen molar-refractivity contribution in [1.29, 1.82) is 0 Å². The summed E-state index contributed by atoms with van der Waals surface area (Å²) in [7, 11) is -3.87. The second-order valence-corrected chi connectivity index (χ2v) is 5.06. The zero-order chi connectivity index (χ0) is 13.3. The van der Waals surface area contributed by atoms with Gasteiger partial charge in [-0.15, -0.1) is 0 Å². The molecule has 18 heavy (non-hydrogen) atoms. The maximum Gasteiger partial charge on any atom is 0.634 e. The molecule has 0 heterocycles. The van der Waals surface area contributed by atoms with E-state index in [0.29, 0.717) is 0 Å². The third kappa shape index (κ3) is 3.84. The molecule has 0 atom stereocenters. The maximum atomic E-state index is 10.3. The molecule has 0 unspecified atom stereocenters. The van der Waals surface area contributed by atoms with Crippen LogP contribution in [0.3, 0.4) is 0 Å². The molecule has 0 bridgehead atoms. The van der Waals surface area contributed by atoms with Gasteiger partial charge >= 0.3 is 8.80 Å². The van der Waals surface area contributed by atoms with Gasteiger partial charge in [-0.3, -0.25) is 0 Å². The van der Waals surface area contributed by atoms with Gasteiger partial charge in [-0.1, -0.05) is 30.3 Å². The van der Waals surface area contributed by atoms with E-state index in [1.54, 1.807) is 24.3 Å². The molecule has 0 spiro atoms.